The molecule has 0 saturated carbocycles. The SMILES string of the molecule is CC/C=C/C(=O)c1ccc(-c2ccccc2)cc1[Si](C)C. The van der Waals surface area contributed by atoms with Crippen molar-refractivity contribution in [2.45, 2.75) is 26.4 Å². The van der Waals surface area contributed by atoms with Gasteiger partial charge in [-0.15, -0.1) is 0 Å². The van der Waals surface area contributed by atoms with Crippen LogP contribution in [0.5, 0.6) is 0 Å². The van der Waals surface area contributed by atoms with Crippen LogP contribution in [-0.2, 0) is 0 Å². The number of rotatable bonds is 5. The lowest BCUT2D eigenvalue weighted by atomic mass is 10.0. The van der Waals surface area contributed by atoms with Gasteiger partial charge in [-0.1, -0.05) is 79.8 Å². The van der Waals surface area contributed by atoms with Crippen LogP contribution in [0.15, 0.2) is 60.7 Å². The average Bonchev–Trinajstić information content (AvgIpc) is 2.52. The first kappa shape index (κ1) is 15.5. The Labute approximate surface area is 128 Å². The van der Waals surface area contributed by atoms with E-state index < -0.39 is 8.80 Å². The van der Waals surface area contributed by atoms with Crippen LogP contribution in [0.3, 0.4) is 0 Å². The first-order valence-electron chi connectivity index (χ1n) is 7.34. The molecule has 1 nitrogen and oxygen atoms in total. The predicted molar refractivity (Wildman–Crippen MR) is 92.8 cm³/mol. The summed E-state index contributed by atoms with van der Waals surface area (Å²) in [5.74, 6) is 0.123. The smallest absolute Gasteiger partial charge is 0.185 e. The van der Waals surface area contributed by atoms with E-state index in [1.165, 1.54) is 16.3 Å². The molecule has 2 rings (SSSR count). The van der Waals surface area contributed by atoms with Crippen LogP contribution in [-0.4, -0.2) is 14.6 Å². The third-order valence-corrected chi connectivity index (χ3v) is 4.93. The van der Waals surface area contributed by atoms with Crippen molar-refractivity contribution in [2.24, 2.45) is 0 Å². The first-order valence-corrected chi connectivity index (χ1v) is 9.84. The maximum Gasteiger partial charge on any atom is 0.185 e. The van der Waals surface area contributed by atoms with Gasteiger partial charge in [0.1, 0.15) is 0 Å². The fraction of sp³-hybridized carbons (Fsp3) is 0.211. The molecule has 0 aliphatic carbocycles. The van der Waals surface area contributed by atoms with Crippen LogP contribution >= 0.6 is 0 Å². The minimum absolute atomic E-state index is 0.123. The second kappa shape index (κ2) is 7.18. The lowest BCUT2D eigenvalue weighted by molar-refractivity contribution is 0.104. The fourth-order valence-electron chi connectivity index (χ4n) is 2.30. The molecule has 0 atom stereocenters. The average molecular weight is 293 g/mol. The summed E-state index contributed by atoms with van der Waals surface area (Å²) in [5, 5.41) is 1.21. The van der Waals surface area contributed by atoms with Gasteiger partial charge in [0.25, 0.3) is 0 Å². The second-order valence-electron chi connectivity index (χ2n) is 5.30. The summed E-state index contributed by atoms with van der Waals surface area (Å²) in [7, 11) is -0.695. The number of carbonyl (C=O) groups is 1. The van der Waals surface area contributed by atoms with E-state index in [0.29, 0.717) is 0 Å². The maximum atomic E-state index is 12.3. The Balaban J connectivity index is 2.45. The summed E-state index contributed by atoms with van der Waals surface area (Å²) in [5.41, 5.74) is 3.25. The van der Waals surface area contributed by atoms with Crippen LogP contribution in [0, 0.1) is 0 Å². The summed E-state index contributed by atoms with van der Waals surface area (Å²) in [6, 6.07) is 16.5. The lowest BCUT2D eigenvalue weighted by Gasteiger charge is -2.12. The Morgan fingerprint density at radius 2 is 1.76 bits per heavy atom. The van der Waals surface area contributed by atoms with Gasteiger partial charge in [0, 0.05) is 5.56 Å². The van der Waals surface area contributed by atoms with E-state index in [4.69, 9.17) is 0 Å². The molecule has 107 valence electrons. The normalized spacial score (nSPS) is 11.2. The number of hydrogen-bond donors (Lipinski definition) is 0. The Kier molecular flexibility index (Phi) is 5.29. The van der Waals surface area contributed by atoms with E-state index in [1.807, 2.05) is 37.3 Å². The molecule has 0 aliphatic heterocycles. The molecule has 0 aromatic heterocycles. The minimum Gasteiger partial charge on any atom is -0.289 e. The fourth-order valence-corrected chi connectivity index (χ4v) is 3.49. The van der Waals surface area contributed by atoms with Crippen LogP contribution in [0.2, 0.25) is 13.1 Å². The zero-order valence-electron chi connectivity index (χ0n) is 12.9. The van der Waals surface area contributed by atoms with E-state index in [-0.39, 0.29) is 5.78 Å². The van der Waals surface area contributed by atoms with Gasteiger partial charge in [-0.25, -0.2) is 0 Å². The summed E-state index contributed by atoms with van der Waals surface area (Å²) in [6.45, 7) is 6.50. The van der Waals surface area contributed by atoms with Gasteiger partial charge in [-0.2, -0.15) is 0 Å². The van der Waals surface area contributed by atoms with Crippen LogP contribution < -0.4 is 5.19 Å². The van der Waals surface area contributed by atoms with Gasteiger partial charge in [-0.05, 0) is 23.6 Å². The van der Waals surface area contributed by atoms with E-state index in [0.717, 1.165) is 12.0 Å². The van der Waals surface area contributed by atoms with Crippen LogP contribution in [0.25, 0.3) is 11.1 Å². The quantitative estimate of drug-likeness (QED) is 0.452. The van der Waals surface area contributed by atoms with Crippen molar-refractivity contribution in [1.29, 1.82) is 0 Å². The number of allylic oxidation sites excluding steroid dienone is 2. The molecule has 2 heteroatoms. The summed E-state index contributed by atoms with van der Waals surface area (Å²) >= 11 is 0. The van der Waals surface area contributed by atoms with Crippen molar-refractivity contribution in [3.05, 3.63) is 66.2 Å². The number of ketones is 1. The van der Waals surface area contributed by atoms with Crippen LogP contribution in [0.1, 0.15) is 23.7 Å². The highest BCUT2D eigenvalue weighted by Crippen LogP contribution is 2.19. The molecular formula is C19H21OSi. The minimum atomic E-state index is -0.695. The zero-order chi connectivity index (χ0) is 15.2. The molecule has 0 N–H and O–H groups in total. The Hall–Kier alpha value is -1.93. The molecule has 2 aromatic carbocycles. The third kappa shape index (κ3) is 3.79. The number of hydrogen-bond acceptors (Lipinski definition) is 1. The van der Waals surface area contributed by atoms with Crippen molar-refractivity contribution in [2.75, 3.05) is 0 Å². The Bertz CT molecular complexity index is 642. The predicted octanol–water partition coefficient (Wildman–Crippen LogP) is 4.46. The molecule has 1 radical (unpaired) electrons. The van der Waals surface area contributed by atoms with Gasteiger partial charge in [-0.3, -0.25) is 4.79 Å². The highest BCUT2D eigenvalue weighted by atomic mass is 28.3. The highest BCUT2D eigenvalue weighted by molar-refractivity contribution is 6.72. The van der Waals surface area contributed by atoms with Gasteiger partial charge in [0.15, 0.2) is 5.78 Å². The van der Waals surface area contributed by atoms with Crippen molar-refractivity contribution >= 4 is 19.8 Å². The van der Waals surface area contributed by atoms with E-state index in [2.05, 4.69) is 37.4 Å². The van der Waals surface area contributed by atoms with Crippen molar-refractivity contribution < 1.29 is 4.79 Å². The number of benzene rings is 2. The molecule has 0 spiro atoms. The topological polar surface area (TPSA) is 17.1 Å². The highest BCUT2D eigenvalue weighted by Gasteiger charge is 2.13. The Morgan fingerprint density at radius 1 is 1.05 bits per heavy atom. The molecule has 21 heavy (non-hydrogen) atoms. The summed E-state index contributed by atoms with van der Waals surface area (Å²) in [6.07, 6.45) is 4.51. The van der Waals surface area contributed by atoms with Gasteiger partial charge < -0.3 is 0 Å². The molecule has 0 bridgehead atoms. The summed E-state index contributed by atoms with van der Waals surface area (Å²) in [4.78, 5) is 12.3. The van der Waals surface area contributed by atoms with Crippen molar-refractivity contribution in [1.82, 2.24) is 0 Å². The second-order valence-corrected chi connectivity index (χ2v) is 7.84. The molecular weight excluding hydrogens is 272 g/mol. The monoisotopic (exact) mass is 293 g/mol. The maximum absolute atomic E-state index is 12.3. The molecule has 0 heterocycles. The first-order chi connectivity index (χ1) is 10.1. The summed E-state index contributed by atoms with van der Waals surface area (Å²) < 4.78 is 0. The van der Waals surface area contributed by atoms with Crippen molar-refractivity contribution in [3.8, 4) is 11.1 Å². The molecule has 0 unspecified atom stereocenters. The third-order valence-electron chi connectivity index (χ3n) is 3.44. The molecule has 0 amide bonds. The van der Waals surface area contributed by atoms with Gasteiger partial charge in [0.2, 0.25) is 0 Å². The van der Waals surface area contributed by atoms with Crippen molar-refractivity contribution in [3.63, 3.8) is 0 Å². The zero-order valence-corrected chi connectivity index (χ0v) is 13.9. The van der Waals surface area contributed by atoms with E-state index in [9.17, 15) is 4.79 Å². The van der Waals surface area contributed by atoms with E-state index >= 15 is 0 Å². The lowest BCUT2D eigenvalue weighted by Crippen LogP contribution is -2.28. The molecule has 0 aliphatic rings. The largest absolute Gasteiger partial charge is 0.289 e. The van der Waals surface area contributed by atoms with Gasteiger partial charge in [0.05, 0.1) is 8.80 Å². The molecule has 2 aromatic rings. The van der Waals surface area contributed by atoms with Gasteiger partial charge >= 0.3 is 0 Å². The molecule has 0 saturated heterocycles. The van der Waals surface area contributed by atoms with Crippen LogP contribution in [0.4, 0.5) is 0 Å². The standard InChI is InChI=1S/C19H21OSi/c1-4-5-11-18(20)17-13-12-16(14-19(17)21(2)3)15-9-7-6-8-10-15/h5-14H,4H2,1-3H3/b11-5+. The van der Waals surface area contributed by atoms with E-state index in [1.54, 1.807) is 6.08 Å². The Morgan fingerprint density at radius 3 is 2.38 bits per heavy atom. The number of carbonyl (C=O) groups excluding carboxylic acids is 1. The molecule has 0 fully saturated rings.